The molecule has 90 valence electrons. The molecule has 2 aliphatic rings. The van der Waals surface area contributed by atoms with Crippen molar-refractivity contribution < 1.29 is 0 Å². The molecular weight excluding hydrogens is 210 g/mol. The first-order valence-electron chi connectivity index (χ1n) is 6.54. The average molecular weight is 229 g/mol. The Bertz CT molecular complexity index is 399. The summed E-state index contributed by atoms with van der Waals surface area (Å²) in [4.78, 5) is 4.72. The van der Waals surface area contributed by atoms with E-state index < -0.39 is 0 Å². The number of benzene rings is 1. The van der Waals surface area contributed by atoms with Crippen LogP contribution in [0.2, 0.25) is 0 Å². The predicted molar refractivity (Wildman–Crippen MR) is 69.9 cm³/mol. The smallest absolute Gasteiger partial charge is 0.192 e. The molecule has 1 aliphatic heterocycles. The van der Waals surface area contributed by atoms with Crippen LogP contribution in [0.3, 0.4) is 0 Å². The van der Waals surface area contributed by atoms with Crippen LogP contribution in [0.4, 0.5) is 0 Å². The summed E-state index contributed by atoms with van der Waals surface area (Å²) in [5.41, 5.74) is 1.30. The molecule has 1 fully saturated rings. The molecular formula is C14H19N3. The molecule has 3 nitrogen and oxygen atoms in total. The van der Waals surface area contributed by atoms with Crippen LogP contribution in [0.25, 0.3) is 0 Å². The Hall–Kier alpha value is -1.51. The van der Waals surface area contributed by atoms with Gasteiger partial charge >= 0.3 is 0 Å². The first-order valence-corrected chi connectivity index (χ1v) is 6.54. The molecule has 17 heavy (non-hydrogen) atoms. The molecule has 0 aromatic heterocycles. The Kier molecular flexibility index (Phi) is 2.99. The van der Waals surface area contributed by atoms with Gasteiger partial charge in [-0.15, -0.1) is 0 Å². The van der Waals surface area contributed by atoms with Crippen molar-refractivity contribution in [2.24, 2.45) is 4.99 Å². The maximum absolute atomic E-state index is 4.72. The number of hydrogen-bond acceptors (Lipinski definition) is 3. The van der Waals surface area contributed by atoms with Crippen LogP contribution in [0.15, 0.2) is 35.3 Å². The minimum atomic E-state index is 0.516. The molecule has 1 aromatic rings. The fourth-order valence-corrected chi connectivity index (χ4v) is 2.69. The number of rotatable bonds is 2. The van der Waals surface area contributed by atoms with E-state index in [0.717, 1.165) is 12.5 Å². The molecule has 0 unspecified atom stereocenters. The van der Waals surface area contributed by atoms with Crippen LogP contribution in [0.1, 0.15) is 31.2 Å². The van der Waals surface area contributed by atoms with E-state index in [-0.39, 0.29) is 0 Å². The highest BCUT2D eigenvalue weighted by molar-refractivity contribution is 5.82. The molecule has 0 radical (unpaired) electrons. The normalized spacial score (nSPS) is 26.9. The van der Waals surface area contributed by atoms with Gasteiger partial charge in [0, 0.05) is 6.54 Å². The molecule has 0 saturated heterocycles. The van der Waals surface area contributed by atoms with Crippen molar-refractivity contribution >= 4 is 5.96 Å². The molecule has 1 aliphatic carbocycles. The summed E-state index contributed by atoms with van der Waals surface area (Å²) >= 11 is 0. The summed E-state index contributed by atoms with van der Waals surface area (Å²) in [7, 11) is 0. The van der Waals surface area contributed by atoms with Crippen molar-refractivity contribution in [3.05, 3.63) is 35.9 Å². The van der Waals surface area contributed by atoms with Gasteiger partial charge in [-0.05, 0) is 18.4 Å². The Morgan fingerprint density at radius 2 is 2.00 bits per heavy atom. The zero-order valence-corrected chi connectivity index (χ0v) is 10.0. The number of guanidine groups is 1. The fourth-order valence-electron chi connectivity index (χ4n) is 2.69. The highest BCUT2D eigenvalue weighted by atomic mass is 15.3. The Morgan fingerprint density at radius 1 is 1.18 bits per heavy atom. The van der Waals surface area contributed by atoms with Crippen LogP contribution in [0.5, 0.6) is 0 Å². The lowest BCUT2D eigenvalue weighted by atomic mass is 9.92. The second-order valence-electron chi connectivity index (χ2n) is 4.92. The molecule has 1 heterocycles. The van der Waals surface area contributed by atoms with Crippen molar-refractivity contribution in [2.45, 2.75) is 44.3 Å². The monoisotopic (exact) mass is 229 g/mol. The quantitative estimate of drug-likeness (QED) is 0.814. The topological polar surface area (TPSA) is 36.4 Å². The molecule has 0 bridgehead atoms. The highest BCUT2D eigenvalue weighted by Crippen LogP contribution is 2.24. The molecule has 1 aromatic carbocycles. The van der Waals surface area contributed by atoms with Crippen LogP contribution in [-0.2, 0) is 6.54 Å². The highest BCUT2D eigenvalue weighted by Gasteiger charge is 2.30. The van der Waals surface area contributed by atoms with Gasteiger partial charge in [0.25, 0.3) is 0 Å². The number of hydrogen-bond donors (Lipinski definition) is 2. The molecule has 2 N–H and O–H groups in total. The molecule has 2 atom stereocenters. The predicted octanol–water partition coefficient (Wildman–Crippen LogP) is 2.05. The summed E-state index contributed by atoms with van der Waals surface area (Å²) in [6.45, 7) is 0.853. The van der Waals surface area contributed by atoms with Gasteiger partial charge in [-0.1, -0.05) is 43.2 Å². The fraction of sp³-hybridized carbons (Fsp3) is 0.500. The lowest BCUT2D eigenvalue weighted by Gasteiger charge is -2.23. The van der Waals surface area contributed by atoms with Gasteiger partial charge in [0.1, 0.15) is 0 Å². The largest absolute Gasteiger partial charge is 0.352 e. The standard InChI is InChI=1S/C14H19N3/c1-2-6-11(7-3-1)10-15-14-16-12-8-4-5-9-13(12)17-14/h1-3,6-7,12-13H,4-5,8-10H2,(H2,15,16,17)/t12-,13+. The van der Waals surface area contributed by atoms with Crippen LogP contribution in [-0.4, -0.2) is 18.0 Å². The van der Waals surface area contributed by atoms with Gasteiger partial charge in [-0.25, -0.2) is 4.99 Å². The third kappa shape index (κ3) is 2.43. The van der Waals surface area contributed by atoms with Crippen molar-refractivity contribution in [2.75, 3.05) is 0 Å². The van der Waals surface area contributed by atoms with E-state index in [1.807, 2.05) is 6.07 Å². The van der Waals surface area contributed by atoms with Crippen molar-refractivity contribution in [3.8, 4) is 0 Å². The third-order valence-electron chi connectivity index (χ3n) is 3.65. The first kappa shape index (κ1) is 10.6. The zero-order chi connectivity index (χ0) is 11.5. The third-order valence-corrected chi connectivity index (χ3v) is 3.65. The van der Waals surface area contributed by atoms with E-state index in [1.54, 1.807) is 0 Å². The second-order valence-corrected chi connectivity index (χ2v) is 4.92. The number of nitrogens with zero attached hydrogens (tertiary/aromatic N) is 1. The Morgan fingerprint density at radius 3 is 2.82 bits per heavy atom. The van der Waals surface area contributed by atoms with Gasteiger partial charge in [0.05, 0.1) is 12.1 Å². The molecule has 0 amide bonds. The Balaban J connectivity index is 1.56. The maximum atomic E-state index is 4.72. The van der Waals surface area contributed by atoms with E-state index in [9.17, 15) is 0 Å². The average Bonchev–Trinajstić information content (AvgIpc) is 2.80. The van der Waals surface area contributed by atoms with Crippen molar-refractivity contribution in [1.82, 2.24) is 10.6 Å². The van der Waals surface area contributed by atoms with Gasteiger partial charge in [-0.3, -0.25) is 0 Å². The van der Waals surface area contributed by atoms with E-state index in [2.05, 4.69) is 34.9 Å². The summed E-state index contributed by atoms with van der Waals surface area (Å²) in [5.74, 6) is 0.991. The lowest BCUT2D eigenvalue weighted by Crippen LogP contribution is -2.41. The minimum Gasteiger partial charge on any atom is -0.352 e. The summed E-state index contributed by atoms with van der Waals surface area (Å²) in [5, 5.41) is 6.90. The van der Waals surface area contributed by atoms with E-state index in [1.165, 1.54) is 31.2 Å². The maximum Gasteiger partial charge on any atom is 0.192 e. The number of nitrogens with one attached hydrogen (secondary N) is 2. The van der Waals surface area contributed by atoms with Gasteiger partial charge in [0.2, 0.25) is 0 Å². The molecule has 1 saturated carbocycles. The van der Waals surface area contributed by atoms with Crippen LogP contribution < -0.4 is 10.6 Å². The number of fused-ring (bicyclic) bond motifs is 1. The van der Waals surface area contributed by atoms with E-state index in [4.69, 9.17) is 4.99 Å². The number of aliphatic imine (C=N–C) groups is 1. The Labute approximate surface area is 102 Å². The lowest BCUT2D eigenvalue weighted by molar-refractivity contribution is 0.384. The molecule has 3 heteroatoms. The summed E-state index contributed by atoms with van der Waals surface area (Å²) in [6, 6.07) is 11.6. The van der Waals surface area contributed by atoms with Crippen LogP contribution >= 0.6 is 0 Å². The SMILES string of the molecule is c1ccc(CNC2=N[C@H]3CCCC[C@H]3N2)cc1. The zero-order valence-electron chi connectivity index (χ0n) is 10.0. The van der Waals surface area contributed by atoms with Gasteiger partial charge < -0.3 is 10.6 Å². The van der Waals surface area contributed by atoms with E-state index >= 15 is 0 Å². The van der Waals surface area contributed by atoms with Crippen LogP contribution in [0, 0.1) is 0 Å². The first-order chi connectivity index (χ1) is 8.42. The van der Waals surface area contributed by atoms with Gasteiger partial charge in [0.15, 0.2) is 5.96 Å². The second kappa shape index (κ2) is 4.78. The summed E-state index contributed by atoms with van der Waals surface area (Å²) < 4.78 is 0. The summed E-state index contributed by atoms with van der Waals surface area (Å²) in [6.07, 6.45) is 5.19. The van der Waals surface area contributed by atoms with E-state index in [0.29, 0.717) is 12.1 Å². The van der Waals surface area contributed by atoms with Crippen molar-refractivity contribution in [1.29, 1.82) is 0 Å². The molecule has 0 spiro atoms. The molecule has 3 rings (SSSR count). The van der Waals surface area contributed by atoms with Gasteiger partial charge in [-0.2, -0.15) is 0 Å². The van der Waals surface area contributed by atoms with Crippen molar-refractivity contribution in [3.63, 3.8) is 0 Å². The minimum absolute atomic E-state index is 0.516.